The first-order chi connectivity index (χ1) is 15.2. The Morgan fingerprint density at radius 1 is 1.09 bits per heavy atom. The highest BCUT2D eigenvalue weighted by atomic mass is 32.2. The van der Waals surface area contributed by atoms with Gasteiger partial charge in [-0.25, -0.2) is 0 Å². The Hall–Kier alpha value is -3.01. The molecule has 1 aliphatic rings. The monoisotopic (exact) mass is 471 g/mol. The molecule has 0 saturated heterocycles. The van der Waals surface area contributed by atoms with E-state index in [9.17, 15) is 18.3 Å². The minimum Gasteiger partial charge on any atom is -0.506 e. The number of rotatable bonds is 7. The Bertz CT molecular complexity index is 1370. The highest BCUT2D eigenvalue weighted by Gasteiger charge is 2.36. The van der Waals surface area contributed by atoms with Gasteiger partial charge in [-0.3, -0.25) is 9.35 Å². The SMILES string of the molecule is CN(C)c1ccc(C2=C(O)/C(=C/c3sc4ccccc4[n+]3CCCS(=O)(=O)O)C2=O)cc1. The molecule has 166 valence electrons. The number of carbonyl (C=O) groups excluding carboxylic acids is 1. The zero-order chi connectivity index (χ0) is 23.0. The summed E-state index contributed by atoms with van der Waals surface area (Å²) in [7, 11) is -0.198. The Morgan fingerprint density at radius 2 is 1.78 bits per heavy atom. The first-order valence-corrected chi connectivity index (χ1v) is 12.4. The van der Waals surface area contributed by atoms with Crippen molar-refractivity contribution in [2.24, 2.45) is 0 Å². The number of thiazole rings is 1. The van der Waals surface area contributed by atoms with Crippen LogP contribution in [0.1, 0.15) is 17.0 Å². The third-order valence-corrected chi connectivity index (χ3v) is 7.24. The molecule has 0 unspecified atom stereocenters. The molecule has 32 heavy (non-hydrogen) atoms. The minimum absolute atomic E-state index is 0.0467. The van der Waals surface area contributed by atoms with Gasteiger partial charge in [-0.1, -0.05) is 35.6 Å². The standard InChI is InChI=1S/C23H22N2O5S2/c1-24(2)16-10-8-15(9-11-16)21-22(26)17(23(21)27)14-20-25(12-5-13-32(28,29)30)18-6-3-4-7-19(18)31-20/h3-4,6-11,14H,5,12-13H2,1-2H3,(H-,26,27,28,29,30)/p+1. The summed E-state index contributed by atoms with van der Waals surface area (Å²) in [5.41, 5.74) is 3.07. The van der Waals surface area contributed by atoms with Crippen LogP contribution in [0, 0.1) is 0 Å². The van der Waals surface area contributed by atoms with Crippen LogP contribution in [-0.2, 0) is 21.5 Å². The van der Waals surface area contributed by atoms with Crippen LogP contribution in [0.3, 0.4) is 0 Å². The van der Waals surface area contributed by atoms with E-state index in [1.165, 1.54) is 11.3 Å². The van der Waals surface area contributed by atoms with E-state index < -0.39 is 10.1 Å². The van der Waals surface area contributed by atoms with E-state index in [-0.39, 0.29) is 29.3 Å². The molecule has 3 aromatic rings. The van der Waals surface area contributed by atoms with E-state index in [1.54, 1.807) is 6.08 Å². The number of fused-ring (bicyclic) bond motifs is 1. The van der Waals surface area contributed by atoms with Crippen molar-refractivity contribution in [1.29, 1.82) is 0 Å². The van der Waals surface area contributed by atoms with Crippen molar-refractivity contribution in [3.8, 4) is 0 Å². The molecule has 1 aliphatic carbocycles. The number of allylic oxidation sites excluding steroid dienone is 2. The number of nitrogens with zero attached hydrogens (tertiary/aromatic N) is 2. The van der Waals surface area contributed by atoms with E-state index in [1.807, 2.05) is 72.1 Å². The number of carbonyl (C=O) groups is 1. The fourth-order valence-electron chi connectivity index (χ4n) is 3.67. The molecular formula is C23H23N2O5S2+. The molecule has 0 bridgehead atoms. The average Bonchev–Trinajstić information content (AvgIpc) is 3.09. The summed E-state index contributed by atoms with van der Waals surface area (Å²) < 4.78 is 34.1. The van der Waals surface area contributed by atoms with Gasteiger partial charge >= 0.3 is 0 Å². The molecule has 0 fully saturated rings. The normalized spacial score (nSPS) is 15.5. The fourth-order valence-corrected chi connectivity index (χ4v) is 5.29. The van der Waals surface area contributed by atoms with Crippen LogP contribution in [0.2, 0.25) is 0 Å². The second-order valence-corrected chi connectivity index (χ2v) is 10.4. The zero-order valence-electron chi connectivity index (χ0n) is 17.6. The molecule has 0 saturated carbocycles. The maximum Gasteiger partial charge on any atom is 0.265 e. The highest BCUT2D eigenvalue weighted by Crippen LogP contribution is 2.38. The lowest BCUT2D eigenvalue weighted by molar-refractivity contribution is -0.668. The van der Waals surface area contributed by atoms with Crippen LogP contribution in [0.5, 0.6) is 0 Å². The summed E-state index contributed by atoms with van der Waals surface area (Å²) >= 11 is 1.45. The van der Waals surface area contributed by atoms with Gasteiger partial charge in [-0.2, -0.15) is 13.0 Å². The van der Waals surface area contributed by atoms with Crippen molar-refractivity contribution in [3.05, 3.63) is 70.4 Å². The van der Waals surface area contributed by atoms with Crippen molar-refractivity contribution in [2.75, 3.05) is 24.7 Å². The summed E-state index contributed by atoms with van der Waals surface area (Å²) in [6, 6.07) is 15.0. The van der Waals surface area contributed by atoms with Crippen molar-refractivity contribution >= 4 is 54.8 Å². The fraction of sp³-hybridized carbons (Fsp3) is 0.217. The maximum atomic E-state index is 12.9. The third kappa shape index (κ3) is 4.32. The molecule has 0 atom stereocenters. The zero-order valence-corrected chi connectivity index (χ0v) is 19.3. The molecule has 1 heterocycles. The Kier molecular flexibility index (Phi) is 5.89. The molecule has 9 heteroatoms. The van der Waals surface area contributed by atoms with E-state index >= 15 is 0 Å². The number of aryl methyl sites for hydroxylation is 1. The van der Waals surface area contributed by atoms with Gasteiger partial charge in [0.05, 0.1) is 16.9 Å². The molecule has 2 N–H and O–H groups in total. The van der Waals surface area contributed by atoms with Gasteiger partial charge < -0.3 is 10.0 Å². The first-order valence-electron chi connectivity index (χ1n) is 10.00. The average molecular weight is 472 g/mol. The number of Topliss-reactive ketones (excluding diaryl/α,β-unsaturated/α-hetero) is 1. The largest absolute Gasteiger partial charge is 0.506 e. The predicted octanol–water partition coefficient (Wildman–Crippen LogP) is 3.47. The second-order valence-electron chi connectivity index (χ2n) is 7.75. The van der Waals surface area contributed by atoms with Crippen LogP contribution in [0.25, 0.3) is 21.9 Å². The topological polar surface area (TPSA) is 98.8 Å². The number of aliphatic hydroxyl groups excluding tert-OH is 1. The Balaban J connectivity index is 1.68. The van der Waals surface area contributed by atoms with Crippen LogP contribution in [-0.4, -0.2) is 43.7 Å². The van der Waals surface area contributed by atoms with Crippen LogP contribution in [0.4, 0.5) is 5.69 Å². The molecule has 0 spiro atoms. The van der Waals surface area contributed by atoms with Crippen LogP contribution < -0.4 is 9.47 Å². The van der Waals surface area contributed by atoms with Crippen LogP contribution >= 0.6 is 11.3 Å². The lowest BCUT2D eigenvalue weighted by atomic mass is 9.83. The smallest absolute Gasteiger partial charge is 0.265 e. The molecule has 0 aliphatic heterocycles. The van der Waals surface area contributed by atoms with Gasteiger partial charge in [-0.15, -0.1) is 0 Å². The number of para-hydroxylation sites is 1. The van der Waals surface area contributed by atoms with E-state index in [2.05, 4.69) is 0 Å². The molecule has 2 aromatic carbocycles. The number of anilines is 1. The Morgan fingerprint density at radius 3 is 2.41 bits per heavy atom. The van der Waals surface area contributed by atoms with E-state index in [0.717, 1.165) is 20.9 Å². The molecule has 0 amide bonds. The van der Waals surface area contributed by atoms with Crippen molar-refractivity contribution in [3.63, 3.8) is 0 Å². The molecule has 7 nitrogen and oxygen atoms in total. The van der Waals surface area contributed by atoms with E-state index in [4.69, 9.17) is 4.55 Å². The summed E-state index contributed by atoms with van der Waals surface area (Å²) in [6.07, 6.45) is 1.87. The van der Waals surface area contributed by atoms with Crippen LogP contribution in [0.15, 0.2) is 59.9 Å². The number of aliphatic hydroxyl groups is 1. The summed E-state index contributed by atoms with van der Waals surface area (Å²) in [5.74, 6) is -0.631. The molecule has 0 radical (unpaired) electrons. The van der Waals surface area contributed by atoms with Gasteiger partial charge in [0, 0.05) is 38.3 Å². The number of hydrogen-bond acceptors (Lipinski definition) is 6. The van der Waals surface area contributed by atoms with Gasteiger partial charge in [0.2, 0.25) is 11.3 Å². The number of ketones is 1. The maximum absolute atomic E-state index is 12.9. The first kappa shape index (κ1) is 22.2. The number of benzene rings is 2. The highest BCUT2D eigenvalue weighted by molar-refractivity contribution is 7.85. The van der Waals surface area contributed by atoms with Crippen molar-refractivity contribution < 1.29 is 27.4 Å². The third-order valence-electron chi connectivity index (χ3n) is 5.32. The summed E-state index contributed by atoms with van der Waals surface area (Å²) in [4.78, 5) is 14.8. The Labute approximate surface area is 190 Å². The summed E-state index contributed by atoms with van der Waals surface area (Å²) in [5, 5.41) is 11.4. The number of hydrogen-bond donors (Lipinski definition) is 2. The van der Waals surface area contributed by atoms with Crippen molar-refractivity contribution in [1.82, 2.24) is 0 Å². The molecule has 4 rings (SSSR count). The van der Waals surface area contributed by atoms with Crippen molar-refractivity contribution in [2.45, 2.75) is 13.0 Å². The van der Waals surface area contributed by atoms with Gasteiger partial charge in [0.1, 0.15) is 10.5 Å². The van der Waals surface area contributed by atoms with Gasteiger partial charge in [0.15, 0.2) is 6.54 Å². The lowest BCUT2D eigenvalue weighted by Gasteiger charge is -2.21. The second kappa shape index (κ2) is 8.50. The quantitative estimate of drug-likeness (QED) is 0.311. The molecule has 1 aromatic heterocycles. The lowest BCUT2D eigenvalue weighted by Crippen LogP contribution is -2.36. The number of aromatic nitrogens is 1. The summed E-state index contributed by atoms with van der Waals surface area (Å²) in [6.45, 7) is 0.348. The predicted molar refractivity (Wildman–Crippen MR) is 126 cm³/mol. The van der Waals surface area contributed by atoms with Gasteiger partial charge in [-0.05, 0) is 23.8 Å². The molecular weight excluding hydrogens is 448 g/mol. The van der Waals surface area contributed by atoms with E-state index in [0.29, 0.717) is 17.7 Å². The minimum atomic E-state index is -4.05. The van der Waals surface area contributed by atoms with Gasteiger partial charge in [0.25, 0.3) is 15.1 Å².